The Morgan fingerprint density at radius 2 is 1.92 bits per heavy atom. The molecule has 0 aliphatic carbocycles. The SMILES string of the molecule is O=C(c1ccccc1-n1cccn1)N1CCC(C(=O)O)(C(F)(F)F)C1. The average molecular weight is 353 g/mol. The Morgan fingerprint density at radius 1 is 1.20 bits per heavy atom. The molecule has 2 aromatic rings. The van der Waals surface area contributed by atoms with E-state index in [1.165, 1.54) is 16.9 Å². The maximum atomic E-state index is 13.3. The first-order valence-electron chi connectivity index (χ1n) is 7.45. The molecule has 0 radical (unpaired) electrons. The van der Waals surface area contributed by atoms with Crippen LogP contribution < -0.4 is 0 Å². The van der Waals surface area contributed by atoms with Gasteiger partial charge in [-0.15, -0.1) is 0 Å². The second-order valence-electron chi connectivity index (χ2n) is 5.83. The minimum atomic E-state index is -4.94. The first-order chi connectivity index (χ1) is 11.8. The normalized spacial score (nSPS) is 20.7. The molecular weight excluding hydrogens is 339 g/mol. The number of rotatable bonds is 3. The summed E-state index contributed by atoms with van der Waals surface area (Å²) < 4.78 is 41.3. The van der Waals surface area contributed by atoms with Crippen molar-refractivity contribution in [2.24, 2.45) is 5.41 Å². The van der Waals surface area contributed by atoms with Gasteiger partial charge in [0.2, 0.25) is 0 Å². The van der Waals surface area contributed by atoms with E-state index in [1.54, 1.807) is 30.5 Å². The van der Waals surface area contributed by atoms with Gasteiger partial charge in [0.05, 0.1) is 11.3 Å². The summed E-state index contributed by atoms with van der Waals surface area (Å²) >= 11 is 0. The van der Waals surface area contributed by atoms with Crippen LogP contribution in [-0.4, -0.2) is 50.9 Å². The van der Waals surface area contributed by atoms with Crippen LogP contribution in [0, 0.1) is 5.41 Å². The van der Waals surface area contributed by atoms with Gasteiger partial charge in [0.15, 0.2) is 5.41 Å². The molecule has 1 atom stereocenters. The highest BCUT2D eigenvalue weighted by atomic mass is 19.4. The zero-order chi connectivity index (χ0) is 18.2. The van der Waals surface area contributed by atoms with E-state index < -0.39 is 36.4 Å². The number of hydrogen-bond acceptors (Lipinski definition) is 3. The second-order valence-corrected chi connectivity index (χ2v) is 5.83. The molecule has 132 valence electrons. The Balaban J connectivity index is 1.93. The number of alkyl halides is 3. The van der Waals surface area contributed by atoms with E-state index in [0.29, 0.717) is 5.69 Å². The summed E-state index contributed by atoms with van der Waals surface area (Å²) in [5.41, 5.74) is -2.35. The molecular formula is C16H14F3N3O3. The fourth-order valence-corrected chi connectivity index (χ4v) is 2.95. The lowest BCUT2D eigenvalue weighted by Gasteiger charge is -2.27. The van der Waals surface area contributed by atoms with E-state index in [-0.39, 0.29) is 12.1 Å². The molecule has 1 amide bonds. The fraction of sp³-hybridized carbons (Fsp3) is 0.312. The summed E-state index contributed by atoms with van der Waals surface area (Å²) in [4.78, 5) is 24.9. The van der Waals surface area contributed by atoms with Gasteiger partial charge < -0.3 is 10.0 Å². The summed E-state index contributed by atoms with van der Waals surface area (Å²) in [6, 6.07) is 8.01. The van der Waals surface area contributed by atoms with Gasteiger partial charge in [-0.3, -0.25) is 9.59 Å². The predicted molar refractivity (Wildman–Crippen MR) is 80.2 cm³/mol. The summed E-state index contributed by atoms with van der Waals surface area (Å²) in [7, 11) is 0. The summed E-state index contributed by atoms with van der Waals surface area (Å²) in [5, 5.41) is 13.1. The van der Waals surface area contributed by atoms with Crippen LogP contribution in [0.5, 0.6) is 0 Å². The molecule has 1 aliphatic heterocycles. The lowest BCUT2D eigenvalue weighted by molar-refractivity contribution is -0.227. The standard InChI is InChI=1S/C16H14F3N3O3/c17-16(18,19)15(14(24)25)6-9-21(10-15)13(23)11-4-1-2-5-12(11)22-8-3-7-20-22/h1-5,7-8H,6,9-10H2,(H,24,25). The molecule has 0 bridgehead atoms. The second kappa shape index (κ2) is 5.91. The molecule has 2 heterocycles. The number of para-hydroxylation sites is 1. The predicted octanol–water partition coefficient (Wildman–Crippen LogP) is 2.35. The van der Waals surface area contributed by atoms with Gasteiger partial charge in [-0.2, -0.15) is 18.3 Å². The van der Waals surface area contributed by atoms with Crippen molar-refractivity contribution in [3.8, 4) is 5.69 Å². The molecule has 1 N–H and O–H groups in total. The number of likely N-dealkylation sites (tertiary alicyclic amines) is 1. The quantitative estimate of drug-likeness (QED) is 0.919. The van der Waals surface area contributed by atoms with Crippen molar-refractivity contribution >= 4 is 11.9 Å². The van der Waals surface area contributed by atoms with Crippen LogP contribution in [0.2, 0.25) is 0 Å². The number of hydrogen-bond donors (Lipinski definition) is 1. The highest BCUT2D eigenvalue weighted by Gasteiger charge is 2.64. The van der Waals surface area contributed by atoms with Crippen molar-refractivity contribution < 1.29 is 27.9 Å². The Bertz CT molecular complexity index is 804. The zero-order valence-corrected chi connectivity index (χ0v) is 12.9. The summed E-state index contributed by atoms with van der Waals surface area (Å²) in [5.74, 6) is -2.62. The molecule has 9 heteroatoms. The first-order valence-corrected chi connectivity index (χ1v) is 7.45. The lowest BCUT2D eigenvalue weighted by Crippen LogP contribution is -2.47. The number of aromatic nitrogens is 2. The Hall–Kier alpha value is -2.84. The van der Waals surface area contributed by atoms with Crippen molar-refractivity contribution in [3.05, 3.63) is 48.3 Å². The topological polar surface area (TPSA) is 75.4 Å². The minimum Gasteiger partial charge on any atom is -0.481 e. The van der Waals surface area contributed by atoms with Crippen LogP contribution in [0.4, 0.5) is 13.2 Å². The Kier molecular flexibility index (Phi) is 4.02. The molecule has 1 fully saturated rings. The van der Waals surface area contributed by atoms with E-state index in [9.17, 15) is 22.8 Å². The van der Waals surface area contributed by atoms with Gasteiger partial charge in [-0.25, -0.2) is 4.68 Å². The molecule has 0 spiro atoms. The lowest BCUT2D eigenvalue weighted by atomic mass is 9.86. The fourth-order valence-electron chi connectivity index (χ4n) is 2.95. The molecule has 25 heavy (non-hydrogen) atoms. The van der Waals surface area contributed by atoms with Gasteiger partial charge in [-0.1, -0.05) is 12.1 Å². The van der Waals surface area contributed by atoms with Crippen molar-refractivity contribution in [2.45, 2.75) is 12.6 Å². The zero-order valence-electron chi connectivity index (χ0n) is 12.9. The van der Waals surface area contributed by atoms with Gasteiger partial charge >= 0.3 is 12.1 Å². The number of nitrogens with zero attached hydrogens (tertiary/aromatic N) is 3. The smallest absolute Gasteiger partial charge is 0.406 e. The third-order valence-electron chi connectivity index (χ3n) is 4.39. The maximum Gasteiger partial charge on any atom is 0.406 e. The number of carboxylic acids is 1. The number of benzene rings is 1. The summed E-state index contributed by atoms with van der Waals surface area (Å²) in [6.07, 6.45) is -2.49. The number of carbonyl (C=O) groups is 2. The van der Waals surface area contributed by atoms with E-state index in [2.05, 4.69) is 5.10 Å². The summed E-state index contributed by atoms with van der Waals surface area (Å²) in [6.45, 7) is -1.18. The van der Waals surface area contributed by atoms with Gasteiger partial charge in [0.25, 0.3) is 5.91 Å². The highest BCUT2D eigenvalue weighted by Crippen LogP contribution is 2.46. The monoisotopic (exact) mass is 353 g/mol. The number of carbonyl (C=O) groups excluding carboxylic acids is 1. The number of carboxylic acid groups (broad SMARTS) is 1. The molecule has 6 nitrogen and oxygen atoms in total. The van der Waals surface area contributed by atoms with E-state index in [1.807, 2.05) is 0 Å². The van der Waals surface area contributed by atoms with Gasteiger partial charge in [-0.05, 0) is 24.6 Å². The van der Waals surface area contributed by atoms with Crippen LogP contribution in [0.1, 0.15) is 16.8 Å². The molecule has 0 saturated carbocycles. The average Bonchev–Trinajstić information content (AvgIpc) is 3.23. The van der Waals surface area contributed by atoms with E-state index in [4.69, 9.17) is 5.11 Å². The van der Waals surface area contributed by atoms with Crippen molar-refractivity contribution in [1.82, 2.24) is 14.7 Å². The number of amides is 1. The first kappa shape index (κ1) is 17.0. The van der Waals surface area contributed by atoms with Crippen LogP contribution in [0.15, 0.2) is 42.7 Å². The molecule has 1 aromatic carbocycles. The minimum absolute atomic E-state index is 0.162. The van der Waals surface area contributed by atoms with Crippen molar-refractivity contribution in [2.75, 3.05) is 13.1 Å². The van der Waals surface area contributed by atoms with E-state index in [0.717, 1.165) is 4.90 Å². The van der Waals surface area contributed by atoms with Crippen LogP contribution in [-0.2, 0) is 4.79 Å². The molecule has 1 aliphatic rings. The largest absolute Gasteiger partial charge is 0.481 e. The third-order valence-corrected chi connectivity index (χ3v) is 4.39. The number of halogens is 3. The Labute approximate surface area is 140 Å². The number of aliphatic carboxylic acids is 1. The maximum absolute atomic E-state index is 13.3. The molecule has 1 unspecified atom stereocenters. The van der Waals surface area contributed by atoms with Crippen LogP contribution >= 0.6 is 0 Å². The van der Waals surface area contributed by atoms with Gasteiger partial charge in [0, 0.05) is 25.5 Å². The van der Waals surface area contributed by atoms with Crippen molar-refractivity contribution in [3.63, 3.8) is 0 Å². The highest BCUT2D eigenvalue weighted by molar-refractivity contribution is 5.98. The van der Waals surface area contributed by atoms with E-state index >= 15 is 0 Å². The molecule has 3 rings (SSSR count). The van der Waals surface area contributed by atoms with Crippen LogP contribution in [0.3, 0.4) is 0 Å². The molecule has 1 aromatic heterocycles. The third kappa shape index (κ3) is 2.75. The Morgan fingerprint density at radius 3 is 2.48 bits per heavy atom. The van der Waals surface area contributed by atoms with Crippen molar-refractivity contribution in [1.29, 1.82) is 0 Å². The molecule has 1 saturated heterocycles. The van der Waals surface area contributed by atoms with Gasteiger partial charge in [0.1, 0.15) is 0 Å². The van der Waals surface area contributed by atoms with Crippen LogP contribution in [0.25, 0.3) is 5.69 Å².